The van der Waals surface area contributed by atoms with Crippen LogP contribution in [0.25, 0.3) is 0 Å². The number of rotatable bonds is 4. The highest BCUT2D eigenvalue weighted by Crippen LogP contribution is 2.58. The van der Waals surface area contributed by atoms with Gasteiger partial charge < -0.3 is 14.4 Å². The van der Waals surface area contributed by atoms with Crippen LogP contribution in [0, 0.1) is 0 Å². The van der Waals surface area contributed by atoms with Crippen molar-refractivity contribution in [2.45, 2.75) is 18.2 Å². The van der Waals surface area contributed by atoms with Gasteiger partial charge >= 0.3 is 11.9 Å². The lowest BCUT2D eigenvalue weighted by Crippen LogP contribution is -2.47. The van der Waals surface area contributed by atoms with Gasteiger partial charge in [0.1, 0.15) is 4.91 Å². The number of halogens is 1. The number of carbonyl (C=O) groups is 2. The minimum Gasteiger partial charge on any atom is -0.464 e. The first-order valence-electron chi connectivity index (χ1n) is 8.06. The zero-order chi connectivity index (χ0) is 19.8. The zero-order valence-corrected chi connectivity index (χ0v) is 18.4. The summed E-state index contributed by atoms with van der Waals surface area (Å²) in [5, 5.41) is 6.45. The molecule has 1 aromatic rings. The largest absolute Gasteiger partial charge is 0.464 e. The summed E-state index contributed by atoms with van der Waals surface area (Å²) in [5.74, 6) is -0.901. The summed E-state index contributed by atoms with van der Waals surface area (Å²) in [4.78, 5) is 27.0. The fraction of sp³-hybridized carbons (Fsp3) is 0.353. The molecule has 1 spiro atoms. The summed E-state index contributed by atoms with van der Waals surface area (Å²) < 4.78 is 10.1. The summed E-state index contributed by atoms with van der Waals surface area (Å²) in [6.07, 6.45) is 0. The van der Waals surface area contributed by atoms with Crippen LogP contribution in [0.3, 0.4) is 0 Å². The van der Waals surface area contributed by atoms with Gasteiger partial charge in [-0.3, -0.25) is 0 Å². The van der Waals surface area contributed by atoms with Gasteiger partial charge in [0.25, 0.3) is 0 Å². The molecule has 0 radical (unpaired) electrons. The number of methoxy groups -OCH3 is 1. The minimum atomic E-state index is -0.858. The van der Waals surface area contributed by atoms with Crippen LogP contribution in [-0.4, -0.2) is 47.0 Å². The topological polar surface area (TPSA) is 71.4 Å². The van der Waals surface area contributed by atoms with Crippen molar-refractivity contribution in [3.8, 4) is 0 Å². The molecule has 0 N–H and O–H groups in total. The summed E-state index contributed by atoms with van der Waals surface area (Å²) in [5.41, 5.74) is 1.54. The number of ether oxygens (including phenoxy) is 2. The molecule has 0 saturated heterocycles. The Morgan fingerprint density at radius 2 is 1.89 bits per heavy atom. The van der Waals surface area contributed by atoms with E-state index in [0.29, 0.717) is 11.5 Å². The van der Waals surface area contributed by atoms with Crippen molar-refractivity contribution in [3.05, 3.63) is 39.3 Å². The van der Waals surface area contributed by atoms with E-state index in [1.807, 2.05) is 43.1 Å². The Morgan fingerprint density at radius 1 is 1.22 bits per heavy atom. The fourth-order valence-electron chi connectivity index (χ4n) is 2.62. The van der Waals surface area contributed by atoms with E-state index in [1.165, 1.54) is 30.6 Å². The van der Waals surface area contributed by atoms with Gasteiger partial charge in [-0.25, -0.2) is 14.6 Å². The monoisotopic (exact) mass is 471 g/mol. The average molecular weight is 472 g/mol. The predicted octanol–water partition coefficient (Wildman–Crippen LogP) is 3.57. The van der Waals surface area contributed by atoms with E-state index in [4.69, 9.17) is 9.47 Å². The molecular formula is C17H18BrN3O4S2. The molecule has 0 aromatic heterocycles. The number of thioether (sulfide) groups is 2. The number of allylic oxidation sites excluding steroid dienone is 1. The van der Waals surface area contributed by atoms with E-state index in [2.05, 4.69) is 21.0 Å². The maximum atomic E-state index is 12.4. The molecule has 144 valence electrons. The van der Waals surface area contributed by atoms with E-state index in [-0.39, 0.29) is 11.0 Å². The Morgan fingerprint density at radius 3 is 2.48 bits per heavy atom. The molecule has 0 amide bonds. The van der Waals surface area contributed by atoms with Crippen LogP contribution < -0.4 is 5.01 Å². The Kier molecular flexibility index (Phi) is 5.78. The second-order valence-corrected chi connectivity index (χ2v) is 9.15. The summed E-state index contributed by atoms with van der Waals surface area (Å²) in [7, 11) is 3.18. The first-order chi connectivity index (χ1) is 12.8. The maximum absolute atomic E-state index is 12.4. The van der Waals surface area contributed by atoms with Gasteiger partial charge in [-0.2, -0.15) is 5.10 Å². The minimum absolute atomic E-state index is 0.220. The van der Waals surface area contributed by atoms with Crippen molar-refractivity contribution >= 4 is 62.1 Å². The summed E-state index contributed by atoms with van der Waals surface area (Å²) >= 11 is 5.97. The Hall–Kier alpha value is -1.65. The zero-order valence-electron chi connectivity index (χ0n) is 15.2. The van der Waals surface area contributed by atoms with Crippen molar-refractivity contribution in [2.75, 3.05) is 25.8 Å². The number of esters is 2. The van der Waals surface area contributed by atoms with Crippen molar-refractivity contribution < 1.29 is 19.1 Å². The van der Waals surface area contributed by atoms with Crippen LogP contribution in [-0.2, 0) is 19.1 Å². The van der Waals surface area contributed by atoms with Crippen LogP contribution in [0.4, 0.5) is 5.69 Å². The third-order valence-electron chi connectivity index (χ3n) is 4.07. The molecule has 1 unspecified atom stereocenters. The third kappa shape index (κ3) is 3.45. The Bertz CT molecular complexity index is 843. The second kappa shape index (κ2) is 7.76. The van der Waals surface area contributed by atoms with Gasteiger partial charge in [0, 0.05) is 17.2 Å². The van der Waals surface area contributed by atoms with Gasteiger partial charge in [0.15, 0.2) is 0 Å². The van der Waals surface area contributed by atoms with E-state index in [1.54, 1.807) is 11.9 Å². The smallest absolute Gasteiger partial charge is 0.365 e. The maximum Gasteiger partial charge on any atom is 0.365 e. The van der Waals surface area contributed by atoms with Crippen molar-refractivity contribution in [1.29, 1.82) is 0 Å². The average Bonchev–Trinajstić information content (AvgIpc) is 3.16. The Balaban J connectivity index is 2.03. The number of carbonyl (C=O) groups excluding carboxylic acids is 2. The Labute approximate surface area is 174 Å². The number of hydrogen-bond donors (Lipinski definition) is 0. The van der Waals surface area contributed by atoms with E-state index in [0.717, 1.165) is 15.9 Å². The molecule has 7 nitrogen and oxygen atoms in total. The molecule has 0 bridgehead atoms. The molecule has 10 heteroatoms. The lowest BCUT2D eigenvalue weighted by Gasteiger charge is -2.39. The molecule has 0 saturated carbocycles. The molecule has 2 heterocycles. The molecule has 1 atom stereocenters. The van der Waals surface area contributed by atoms with Crippen LogP contribution in [0.1, 0.15) is 13.8 Å². The van der Waals surface area contributed by atoms with Crippen LogP contribution in [0.5, 0.6) is 0 Å². The van der Waals surface area contributed by atoms with Gasteiger partial charge in [-0.1, -0.05) is 27.7 Å². The van der Waals surface area contributed by atoms with Crippen LogP contribution in [0.15, 0.2) is 44.4 Å². The number of hydrogen-bond acceptors (Lipinski definition) is 9. The summed E-state index contributed by atoms with van der Waals surface area (Å²) in [6.45, 7) is 3.91. The highest BCUT2D eigenvalue weighted by Gasteiger charge is 2.56. The van der Waals surface area contributed by atoms with Crippen molar-refractivity contribution in [2.24, 2.45) is 5.10 Å². The van der Waals surface area contributed by atoms with E-state index < -0.39 is 10.3 Å². The molecule has 2 aliphatic heterocycles. The number of benzene rings is 1. The number of nitrogens with zero attached hydrogens (tertiary/aromatic N) is 3. The fourth-order valence-corrected chi connectivity index (χ4v) is 5.78. The molecule has 3 rings (SSSR count). The van der Waals surface area contributed by atoms with Gasteiger partial charge in [-0.15, -0.1) is 0 Å². The molecule has 0 fully saturated rings. The molecule has 2 aliphatic rings. The first-order valence-corrected chi connectivity index (χ1v) is 10.5. The molecule has 0 aliphatic carbocycles. The highest BCUT2D eigenvalue weighted by molar-refractivity contribution is 9.10. The van der Waals surface area contributed by atoms with Gasteiger partial charge in [-0.05, 0) is 49.9 Å². The van der Waals surface area contributed by atoms with Crippen molar-refractivity contribution in [3.63, 3.8) is 0 Å². The number of anilines is 1. The SMILES string of the molecule is CCOC(=O)C1=C(C)N(C)C2(SC(C(=O)OC)=NN2c2ccc(Br)cc2)S1. The number of hydrazone groups is 1. The van der Waals surface area contributed by atoms with Crippen molar-refractivity contribution in [1.82, 2.24) is 4.90 Å². The van der Waals surface area contributed by atoms with Crippen LogP contribution >= 0.6 is 39.5 Å². The lowest BCUT2D eigenvalue weighted by molar-refractivity contribution is -0.137. The second-order valence-electron chi connectivity index (χ2n) is 5.63. The molecule has 27 heavy (non-hydrogen) atoms. The van der Waals surface area contributed by atoms with Crippen LogP contribution in [0.2, 0.25) is 0 Å². The first kappa shape index (κ1) is 20.1. The standard InChI is InChI=1S/C17H18BrN3O4S2/c1-5-25-15(22)13-10(2)20(3)17(26-13)21(12-8-6-11(18)7-9-12)19-14(27-17)16(23)24-4/h6-9H,5H2,1-4H3. The molecular weight excluding hydrogens is 454 g/mol. The quantitative estimate of drug-likeness (QED) is 0.616. The lowest BCUT2D eigenvalue weighted by atomic mass is 10.3. The highest BCUT2D eigenvalue weighted by atomic mass is 79.9. The molecule has 1 aromatic carbocycles. The summed E-state index contributed by atoms with van der Waals surface area (Å²) in [6, 6.07) is 7.57. The van der Waals surface area contributed by atoms with E-state index in [9.17, 15) is 9.59 Å². The third-order valence-corrected chi connectivity index (χ3v) is 7.63. The predicted molar refractivity (Wildman–Crippen MR) is 111 cm³/mol. The normalized spacial score (nSPS) is 21.7. The van der Waals surface area contributed by atoms with Gasteiger partial charge in [0.2, 0.25) is 9.37 Å². The van der Waals surface area contributed by atoms with Gasteiger partial charge in [0.05, 0.1) is 19.4 Å². The van der Waals surface area contributed by atoms with E-state index >= 15 is 0 Å².